The molecule has 0 bridgehead atoms. The molecule has 0 saturated carbocycles. The van der Waals surface area contributed by atoms with Gasteiger partial charge in [-0.15, -0.1) is 0 Å². The fraction of sp³-hybridized carbons (Fsp3) is 0.278. The summed E-state index contributed by atoms with van der Waals surface area (Å²) in [6.07, 6.45) is -0.442. The summed E-state index contributed by atoms with van der Waals surface area (Å²) in [5.41, 5.74) is 1.96. The molecule has 0 radical (unpaired) electrons. The van der Waals surface area contributed by atoms with Crippen molar-refractivity contribution in [1.29, 1.82) is 0 Å². The third kappa shape index (κ3) is 5.28. The number of anilines is 1. The third-order valence-electron chi connectivity index (χ3n) is 3.32. The van der Waals surface area contributed by atoms with Crippen LogP contribution in [0.4, 0.5) is 10.5 Å². The molecule has 0 spiro atoms. The molecule has 23 heavy (non-hydrogen) atoms. The molecular weight excluding hydrogens is 356 g/mol. The standard InChI is InChI=1S/C18H21BrN2O2/c1-12(2)14-8-10-15(11-9-14)23-13(3)20-18(22)21-17-7-5-4-6-16(17)19/h4-13H,1-3H3,(H2,20,21,22). The van der Waals surface area contributed by atoms with Gasteiger partial charge in [-0.25, -0.2) is 4.79 Å². The monoisotopic (exact) mass is 376 g/mol. The first-order chi connectivity index (χ1) is 11.0. The smallest absolute Gasteiger partial charge is 0.322 e. The van der Waals surface area contributed by atoms with Crippen LogP contribution in [-0.4, -0.2) is 12.3 Å². The number of hydrogen-bond donors (Lipinski definition) is 2. The number of carbonyl (C=O) groups excluding carboxylic acids is 1. The number of rotatable bonds is 5. The van der Waals surface area contributed by atoms with Gasteiger partial charge in [0.05, 0.1) is 5.69 Å². The van der Waals surface area contributed by atoms with Gasteiger partial charge in [0.15, 0.2) is 6.23 Å². The highest BCUT2D eigenvalue weighted by atomic mass is 79.9. The maximum atomic E-state index is 12.0. The Bertz CT molecular complexity index is 656. The second kappa shape index (κ2) is 8.02. The first-order valence-corrected chi connectivity index (χ1v) is 8.33. The number of benzene rings is 2. The minimum absolute atomic E-state index is 0.316. The van der Waals surface area contributed by atoms with E-state index in [9.17, 15) is 4.79 Å². The molecule has 2 aromatic rings. The van der Waals surface area contributed by atoms with E-state index in [0.717, 1.165) is 10.2 Å². The fourth-order valence-electron chi connectivity index (χ4n) is 2.07. The molecule has 0 heterocycles. The molecule has 0 saturated heterocycles. The Hall–Kier alpha value is -2.01. The number of halogens is 1. The van der Waals surface area contributed by atoms with E-state index in [2.05, 4.69) is 40.4 Å². The lowest BCUT2D eigenvalue weighted by atomic mass is 10.0. The number of nitrogens with one attached hydrogen (secondary N) is 2. The summed E-state index contributed by atoms with van der Waals surface area (Å²) in [5.74, 6) is 1.21. The van der Waals surface area contributed by atoms with Crippen molar-refractivity contribution in [3.63, 3.8) is 0 Å². The van der Waals surface area contributed by atoms with Crippen molar-refractivity contribution in [1.82, 2.24) is 5.32 Å². The minimum atomic E-state index is -0.442. The molecule has 2 rings (SSSR count). The van der Waals surface area contributed by atoms with Crippen molar-refractivity contribution >= 4 is 27.6 Å². The molecule has 2 amide bonds. The molecule has 0 aliphatic rings. The topological polar surface area (TPSA) is 50.4 Å². The van der Waals surface area contributed by atoms with E-state index in [4.69, 9.17) is 4.74 Å². The Morgan fingerprint density at radius 3 is 2.30 bits per heavy atom. The number of ether oxygens (including phenoxy) is 1. The van der Waals surface area contributed by atoms with Gasteiger partial charge in [-0.1, -0.05) is 38.1 Å². The van der Waals surface area contributed by atoms with Gasteiger partial charge < -0.3 is 15.4 Å². The minimum Gasteiger partial charge on any atom is -0.471 e. The zero-order valence-electron chi connectivity index (χ0n) is 13.5. The van der Waals surface area contributed by atoms with Crippen molar-refractivity contribution in [3.05, 3.63) is 58.6 Å². The van der Waals surface area contributed by atoms with Crippen LogP contribution in [0.3, 0.4) is 0 Å². The Balaban J connectivity index is 1.87. The van der Waals surface area contributed by atoms with Crippen LogP contribution >= 0.6 is 15.9 Å². The number of carbonyl (C=O) groups is 1. The summed E-state index contributed by atoms with van der Waals surface area (Å²) in [5, 5.41) is 5.52. The van der Waals surface area contributed by atoms with Crippen molar-refractivity contribution < 1.29 is 9.53 Å². The molecule has 0 aromatic heterocycles. The van der Waals surface area contributed by atoms with Crippen LogP contribution < -0.4 is 15.4 Å². The largest absolute Gasteiger partial charge is 0.471 e. The van der Waals surface area contributed by atoms with Gasteiger partial charge in [-0.2, -0.15) is 0 Å². The molecule has 1 unspecified atom stereocenters. The van der Waals surface area contributed by atoms with Crippen LogP contribution in [0, 0.1) is 0 Å². The van der Waals surface area contributed by atoms with E-state index in [1.807, 2.05) is 48.5 Å². The molecule has 1 atom stereocenters. The van der Waals surface area contributed by atoms with Crippen molar-refractivity contribution in [2.45, 2.75) is 32.9 Å². The molecule has 0 fully saturated rings. The van der Waals surface area contributed by atoms with Gasteiger partial charge in [0.1, 0.15) is 5.75 Å². The van der Waals surface area contributed by atoms with Crippen molar-refractivity contribution in [2.24, 2.45) is 0 Å². The highest BCUT2D eigenvalue weighted by molar-refractivity contribution is 9.10. The maximum Gasteiger partial charge on any atom is 0.322 e. The molecule has 4 nitrogen and oxygen atoms in total. The van der Waals surface area contributed by atoms with E-state index in [-0.39, 0.29) is 6.03 Å². The van der Waals surface area contributed by atoms with E-state index < -0.39 is 6.23 Å². The maximum absolute atomic E-state index is 12.0. The summed E-state index contributed by atoms with van der Waals surface area (Å²) < 4.78 is 6.53. The van der Waals surface area contributed by atoms with Crippen LogP contribution in [0.2, 0.25) is 0 Å². The molecular formula is C18H21BrN2O2. The Morgan fingerprint density at radius 2 is 1.70 bits per heavy atom. The van der Waals surface area contributed by atoms with Crippen LogP contribution in [0.1, 0.15) is 32.3 Å². The Kier molecular flexibility index (Phi) is 6.04. The third-order valence-corrected chi connectivity index (χ3v) is 4.01. The number of hydrogen-bond acceptors (Lipinski definition) is 2. The second-order valence-corrected chi connectivity index (χ2v) is 6.42. The molecule has 2 N–H and O–H groups in total. The van der Waals surface area contributed by atoms with Crippen molar-refractivity contribution in [2.75, 3.05) is 5.32 Å². The lowest BCUT2D eigenvalue weighted by Gasteiger charge is -2.17. The Morgan fingerprint density at radius 1 is 1.04 bits per heavy atom. The van der Waals surface area contributed by atoms with Crippen LogP contribution in [-0.2, 0) is 0 Å². The second-order valence-electron chi connectivity index (χ2n) is 5.56. The van der Waals surface area contributed by atoms with Gasteiger partial charge in [-0.3, -0.25) is 0 Å². The quantitative estimate of drug-likeness (QED) is 0.711. The predicted molar refractivity (Wildman–Crippen MR) is 96.9 cm³/mol. The lowest BCUT2D eigenvalue weighted by Crippen LogP contribution is -2.39. The van der Waals surface area contributed by atoms with E-state index >= 15 is 0 Å². The summed E-state index contributed by atoms with van der Waals surface area (Å²) in [6, 6.07) is 15.0. The first-order valence-electron chi connectivity index (χ1n) is 7.54. The highest BCUT2D eigenvalue weighted by Gasteiger charge is 2.10. The van der Waals surface area contributed by atoms with Crippen LogP contribution in [0.25, 0.3) is 0 Å². The highest BCUT2D eigenvalue weighted by Crippen LogP contribution is 2.21. The van der Waals surface area contributed by atoms with E-state index in [1.165, 1.54) is 5.56 Å². The SMILES string of the molecule is CC(NC(=O)Nc1ccccc1Br)Oc1ccc(C(C)C)cc1. The predicted octanol–water partition coefficient (Wildman–Crippen LogP) is 5.12. The first kappa shape index (κ1) is 17.3. The zero-order chi connectivity index (χ0) is 16.8. The molecule has 2 aromatic carbocycles. The van der Waals surface area contributed by atoms with Gasteiger partial charge >= 0.3 is 6.03 Å². The molecule has 0 aliphatic heterocycles. The summed E-state index contributed by atoms with van der Waals surface area (Å²) in [6.45, 7) is 6.08. The van der Waals surface area contributed by atoms with E-state index in [1.54, 1.807) is 6.92 Å². The van der Waals surface area contributed by atoms with E-state index in [0.29, 0.717) is 11.6 Å². The van der Waals surface area contributed by atoms with Gasteiger partial charge in [0, 0.05) is 4.47 Å². The molecule has 5 heteroatoms. The van der Waals surface area contributed by atoms with Gasteiger partial charge in [0.2, 0.25) is 0 Å². The van der Waals surface area contributed by atoms with Crippen LogP contribution in [0.5, 0.6) is 5.75 Å². The van der Waals surface area contributed by atoms with Gasteiger partial charge in [0.25, 0.3) is 0 Å². The fourth-order valence-corrected chi connectivity index (χ4v) is 2.45. The normalized spacial score (nSPS) is 11.9. The summed E-state index contributed by atoms with van der Waals surface area (Å²) >= 11 is 3.39. The number of para-hydroxylation sites is 1. The molecule has 122 valence electrons. The molecule has 0 aliphatic carbocycles. The summed E-state index contributed by atoms with van der Waals surface area (Å²) in [4.78, 5) is 12.0. The number of amides is 2. The van der Waals surface area contributed by atoms with Crippen molar-refractivity contribution in [3.8, 4) is 5.75 Å². The lowest BCUT2D eigenvalue weighted by molar-refractivity contribution is 0.183. The average molecular weight is 377 g/mol. The Labute approximate surface area is 145 Å². The van der Waals surface area contributed by atoms with Gasteiger partial charge in [-0.05, 0) is 58.6 Å². The zero-order valence-corrected chi connectivity index (χ0v) is 15.1. The van der Waals surface area contributed by atoms with Crippen LogP contribution in [0.15, 0.2) is 53.0 Å². The summed E-state index contributed by atoms with van der Waals surface area (Å²) in [7, 11) is 0. The average Bonchev–Trinajstić information content (AvgIpc) is 2.50. The number of urea groups is 1.